The van der Waals surface area contributed by atoms with Gasteiger partial charge in [-0.25, -0.2) is 8.42 Å². The molecule has 0 saturated heterocycles. The molecule has 7 nitrogen and oxygen atoms in total. The zero-order valence-corrected chi connectivity index (χ0v) is 17.3. The first kappa shape index (κ1) is 19.8. The van der Waals surface area contributed by atoms with Gasteiger partial charge in [-0.3, -0.25) is 9.52 Å². The van der Waals surface area contributed by atoms with Gasteiger partial charge in [-0.05, 0) is 35.9 Å². The predicted molar refractivity (Wildman–Crippen MR) is 117 cm³/mol. The Morgan fingerprint density at radius 2 is 1.83 bits per heavy atom. The van der Waals surface area contributed by atoms with Gasteiger partial charge < -0.3 is 14.4 Å². The summed E-state index contributed by atoms with van der Waals surface area (Å²) in [6, 6.07) is 14.2. The maximum atomic E-state index is 13.1. The molecule has 4 rings (SSSR count). The van der Waals surface area contributed by atoms with Crippen molar-refractivity contribution in [3.8, 4) is 11.5 Å². The van der Waals surface area contributed by atoms with E-state index in [0.29, 0.717) is 40.1 Å². The van der Waals surface area contributed by atoms with E-state index >= 15 is 0 Å². The van der Waals surface area contributed by atoms with E-state index in [4.69, 9.17) is 9.47 Å². The first-order chi connectivity index (χ1) is 14.4. The van der Waals surface area contributed by atoms with Crippen LogP contribution in [-0.2, 0) is 16.6 Å². The molecule has 3 aromatic rings. The van der Waals surface area contributed by atoms with E-state index in [-0.39, 0.29) is 5.91 Å². The lowest BCUT2D eigenvalue weighted by molar-refractivity contribution is 0.0991. The van der Waals surface area contributed by atoms with Crippen LogP contribution in [0.5, 0.6) is 11.5 Å². The number of nitrogens with one attached hydrogen (secondary N) is 1. The van der Waals surface area contributed by atoms with Crippen LogP contribution in [0.15, 0.2) is 60.5 Å². The molecule has 1 aliphatic heterocycles. The van der Waals surface area contributed by atoms with E-state index in [1.807, 2.05) is 12.1 Å². The minimum absolute atomic E-state index is 0.144. The van der Waals surface area contributed by atoms with Crippen molar-refractivity contribution in [1.29, 1.82) is 0 Å². The van der Waals surface area contributed by atoms with Crippen LogP contribution >= 0.6 is 0 Å². The lowest BCUT2D eigenvalue weighted by atomic mass is 10.0. The fourth-order valence-corrected chi connectivity index (χ4v) is 4.22. The van der Waals surface area contributed by atoms with Gasteiger partial charge in [0.1, 0.15) is 0 Å². The Kier molecular flexibility index (Phi) is 4.87. The largest absolute Gasteiger partial charge is 0.493 e. The zero-order valence-electron chi connectivity index (χ0n) is 16.5. The molecule has 3 aromatic carbocycles. The number of carbonyl (C=O) groups excluding carboxylic acids is 1. The highest BCUT2D eigenvalue weighted by atomic mass is 32.2. The minimum atomic E-state index is -3.67. The van der Waals surface area contributed by atoms with Gasteiger partial charge in [0.25, 0.3) is 15.9 Å². The standard InChI is InChI=1S/C22H20N2O5S/c1-4-30(26,27)23-17-9-10-18-21-15(17)6-5-7-16(21)22(25)24(18)13-14-8-11-19(28-2)20(12-14)29-3/h4-12,23H,1,13H2,2-3H3. The summed E-state index contributed by atoms with van der Waals surface area (Å²) in [6.45, 7) is 3.66. The maximum Gasteiger partial charge on any atom is 0.259 e. The molecule has 0 saturated carbocycles. The molecule has 0 aliphatic carbocycles. The van der Waals surface area contributed by atoms with Crippen molar-refractivity contribution < 1.29 is 22.7 Å². The first-order valence-electron chi connectivity index (χ1n) is 9.12. The highest BCUT2D eigenvalue weighted by Crippen LogP contribution is 2.42. The number of rotatable bonds is 7. The summed E-state index contributed by atoms with van der Waals surface area (Å²) in [5, 5.41) is 2.22. The Morgan fingerprint density at radius 3 is 2.53 bits per heavy atom. The summed E-state index contributed by atoms with van der Waals surface area (Å²) in [5.74, 6) is 1.05. The van der Waals surface area contributed by atoms with Gasteiger partial charge in [0.2, 0.25) is 0 Å². The molecule has 0 unspecified atom stereocenters. The minimum Gasteiger partial charge on any atom is -0.493 e. The van der Waals surface area contributed by atoms with Crippen molar-refractivity contribution in [2.24, 2.45) is 0 Å². The van der Waals surface area contributed by atoms with Crippen molar-refractivity contribution in [3.05, 3.63) is 71.6 Å². The monoisotopic (exact) mass is 424 g/mol. The summed E-state index contributed by atoms with van der Waals surface area (Å²) in [6.07, 6.45) is 0. The SMILES string of the molecule is C=CS(=O)(=O)Nc1ccc2c3c(cccc13)C(=O)N2Cc1ccc(OC)c(OC)c1. The summed E-state index contributed by atoms with van der Waals surface area (Å²) >= 11 is 0. The number of ether oxygens (including phenoxy) is 2. The Balaban J connectivity index is 1.77. The highest BCUT2D eigenvalue weighted by Gasteiger charge is 2.31. The van der Waals surface area contributed by atoms with Crippen molar-refractivity contribution in [3.63, 3.8) is 0 Å². The number of anilines is 2. The number of sulfonamides is 1. The summed E-state index contributed by atoms with van der Waals surface area (Å²) in [5.41, 5.74) is 2.53. The molecule has 1 amide bonds. The van der Waals surface area contributed by atoms with Crippen LogP contribution in [0.4, 0.5) is 11.4 Å². The van der Waals surface area contributed by atoms with Crippen molar-refractivity contribution in [2.75, 3.05) is 23.8 Å². The molecule has 0 radical (unpaired) electrons. The molecule has 0 atom stereocenters. The van der Waals surface area contributed by atoms with Crippen molar-refractivity contribution in [2.45, 2.75) is 6.54 Å². The van der Waals surface area contributed by atoms with Crippen LogP contribution < -0.4 is 19.1 Å². The van der Waals surface area contributed by atoms with Crippen LogP contribution in [0.25, 0.3) is 10.8 Å². The Hall–Kier alpha value is -3.52. The van der Waals surface area contributed by atoms with E-state index in [0.717, 1.165) is 16.7 Å². The lowest BCUT2D eigenvalue weighted by Gasteiger charge is -2.19. The fourth-order valence-electron chi connectivity index (χ4n) is 3.65. The molecule has 1 heterocycles. The summed E-state index contributed by atoms with van der Waals surface area (Å²) in [4.78, 5) is 14.8. The second-order valence-corrected chi connectivity index (χ2v) is 8.38. The number of hydrogen-bond acceptors (Lipinski definition) is 5. The third-order valence-corrected chi connectivity index (χ3v) is 5.99. The van der Waals surface area contributed by atoms with Crippen LogP contribution in [0, 0.1) is 0 Å². The molecule has 0 spiro atoms. The fraction of sp³-hybridized carbons (Fsp3) is 0.136. The normalized spacial score (nSPS) is 12.9. The molecule has 154 valence electrons. The van der Waals surface area contributed by atoms with Crippen LogP contribution in [-0.4, -0.2) is 28.5 Å². The molecule has 0 aromatic heterocycles. The Morgan fingerprint density at radius 1 is 1.07 bits per heavy atom. The molecule has 0 bridgehead atoms. The average Bonchev–Trinajstić information content (AvgIpc) is 3.02. The van der Waals surface area contributed by atoms with E-state index in [2.05, 4.69) is 11.3 Å². The van der Waals surface area contributed by atoms with Crippen molar-refractivity contribution >= 4 is 38.1 Å². The quantitative estimate of drug-likeness (QED) is 0.622. The van der Waals surface area contributed by atoms with Crippen molar-refractivity contribution in [1.82, 2.24) is 0 Å². The number of hydrogen-bond donors (Lipinski definition) is 1. The van der Waals surface area contributed by atoms with Gasteiger partial charge >= 0.3 is 0 Å². The predicted octanol–water partition coefficient (Wildman–Crippen LogP) is 3.90. The topological polar surface area (TPSA) is 84.9 Å². The average molecular weight is 424 g/mol. The first-order valence-corrected chi connectivity index (χ1v) is 10.7. The van der Waals surface area contributed by atoms with E-state index < -0.39 is 10.0 Å². The molecule has 8 heteroatoms. The van der Waals surface area contributed by atoms with Crippen LogP contribution in [0.1, 0.15) is 15.9 Å². The molecular weight excluding hydrogens is 404 g/mol. The molecular formula is C22H20N2O5S. The van der Waals surface area contributed by atoms with Gasteiger partial charge in [-0.2, -0.15) is 0 Å². The van der Waals surface area contributed by atoms with E-state index in [1.165, 1.54) is 0 Å². The number of methoxy groups -OCH3 is 2. The Labute approximate surface area is 174 Å². The maximum absolute atomic E-state index is 13.1. The number of benzene rings is 3. The number of amides is 1. The smallest absolute Gasteiger partial charge is 0.259 e. The number of nitrogens with zero attached hydrogens (tertiary/aromatic N) is 1. The lowest BCUT2D eigenvalue weighted by Crippen LogP contribution is -2.26. The third kappa shape index (κ3) is 3.25. The number of carbonyl (C=O) groups is 1. The van der Waals surface area contributed by atoms with Crippen LogP contribution in [0.2, 0.25) is 0 Å². The van der Waals surface area contributed by atoms with Gasteiger partial charge in [0.05, 0.1) is 32.1 Å². The molecule has 1 N–H and O–H groups in total. The van der Waals surface area contributed by atoms with Gasteiger partial charge in [-0.1, -0.05) is 24.8 Å². The molecule has 0 fully saturated rings. The van der Waals surface area contributed by atoms with Gasteiger partial charge in [0, 0.05) is 21.7 Å². The second kappa shape index (κ2) is 7.38. The van der Waals surface area contributed by atoms with Gasteiger partial charge in [-0.15, -0.1) is 0 Å². The van der Waals surface area contributed by atoms with Crippen LogP contribution in [0.3, 0.4) is 0 Å². The Bertz CT molecular complexity index is 1280. The summed E-state index contributed by atoms with van der Waals surface area (Å²) < 4.78 is 37.0. The van der Waals surface area contributed by atoms with E-state index in [9.17, 15) is 13.2 Å². The molecule has 30 heavy (non-hydrogen) atoms. The highest BCUT2D eigenvalue weighted by molar-refractivity contribution is 7.95. The zero-order chi connectivity index (χ0) is 21.5. The third-order valence-electron chi connectivity index (χ3n) is 5.05. The van der Waals surface area contributed by atoms with E-state index in [1.54, 1.807) is 55.5 Å². The van der Waals surface area contributed by atoms with Gasteiger partial charge in [0.15, 0.2) is 11.5 Å². The summed E-state index contributed by atoms with van der Waals surface area (Å²) in [7, 11) is -0.543. The molecule has 1 aliphatic rings. The second-order valence-electron chi connectivity index (χ2n) is 6.75.